The van der Waals surface area contributed by atoms with Gasteiger partial charge in [-0.3, -0.25) is 0 Å². The number of allylic oxidation sites excluding steroid dienone is 2. The maximum absolute atomic E-state index is 9.15. The number of aryl methyl sites for hydroxylation is 1. The highest BCUT2D eigenvalue weighted by Crippen LogP contribution is 2.20. The first-order valence-electron chi connectivity index (χ1n) is 5.07. The van der Waals surface area contributed by atoms with Gasteiger partial charge in [0.2, 0.25) is 0 Å². The molecule has 78 valence electrons. The van der Waals surface area contributed by atoms with Crippen LogP contribution < -0.4 is 0 Å². The van der Waals surface area contributed by atoms with Gasteiger partial charge in [0.1, 0.15) is 0 Å². The zero-order chi connectivity index (χ0) is 10.8. The van der Waals surface area contributed by atoms with E-state index in [1.807, 2.05) is 25.3 Å². The summed E-state index contributed by atoms with van der Waals surface area (Å²) < 4.78 is 2.12. The normalized spacial score (nSPS) is 12.3. The van der Waals surface area contributed by atoms with Gasteiger partial charge < -0.3 is 9.67 Å². The molecule has 15 heavy (non-hydrogen) atoms. The quantitative estimate of drug-likeness (QED) is 0.742. The van der Waals surface area contributed by atoms with Crippen molar-refractivity contribution in [2.45, 2.75) is 13.3 Å². The van der Waals surface area contributed by atoms with Gasteiger partial charge in [0, 0.05) is 24.1 Å². The average molecular weight is 201 g/mol. The van der Waals surface area contributed by atoms with E-state index in [9.17, 15) is 0 Å². The molecule has 0 radical (unpaired) electrons. The van der Waals surface area contributed by atoms with E-state index >= 15 is 0 Å². The van der Waals surface area contributed by atoms with Crippen molar-refractivity contribution in [2.75, 3.05) is 0 Å². The summed E-state index contributed by atoms with van der Waals surface area (Å²) in [6.45, 7) is 1.70. The highest BCUT2D eigenvalue weighted by atomic mass is 16.3. The highest BCUT2D eigenvalue weighted by Gasteiger charge is 2.03. The zero-order valence-electron chi connectivity index (χ0n) is 9.07. The van der Waals surface area contributed by atoms with Crippen LogP contribution in [0.15, 0.2) is 42.3 Å². The Hall–Kier alpha value is -1.70. The fraction of sp³-hybridized carbons (Fsp3) is 0.231. The average Bonchev–Trinajstić information content (AvgIpc) is 2.54. The predicted molar refractivity (Wildman–Crippen MR) is 63.0 cm³/mol. The number of hydrogen-bond acceptors (Lipinski definition) is 1. The van der Waals surface area contributed by atoms with Crippen LogP contribution in [0.2, 0.25) is 0 Å². The van der Waals surface area contributed by atoms with Gasteiger partial charge >= 0.3 is 0 Å². The van der Waals surface area contributed by atoms with Crippen LogP contribution in [-0.4, -0.2) is 9.67 Å². The molecule has 2 rings (SSSR count). The number of nitrogens with zero attached hydrogens (tertiary/aromatic N) is 1. The third-order valence-corrected chi connectivity index (χ3v) is 2.60. The van der Waals surface area contributed by atoms with E-state index in [1.54, 1.807) is 6.92 Å². The number of para-hydroxylation sites is 1. The molecule has 0 atom stereocenters. The van der Waals surface area contributed by atoms with Gasteiger partial charge in [0.25, 0.3) is 0 Å². The third-order valence-electron chi connectivity index (χ3n) is 2.60. The Kier molecular flexibility index (Phi) is 2.50. The fourth-order valence-corrected chi connectivity index (χ4v) is 1.85. The van der Waals surface area contributed by atoms with Crippen LogP contribution in [-0.2, 0) is 13.5 Å². The largest absolute Gasteiger partial charge is 0.513 e. The highest BCUT2D eigenvalue weighted by molar-refractivity contribution is 5.84. The Labute approximate surface area is 89.5 Å². The Morgan fingerprint density at radius 1 is 1.40 bits per heavy atom. The van der Waals surface area contributed by atoms with E-state index < -0.39 is 0 Å². The minimum Gasteiger partial charge on any atom is -0.513 e. The topological polar surface area (TPSA) is 25.2 Å². The lowest BCUT2D eigenvalue weighted by atomic mass is 10.1. The summed E-state index contributed by atoms with van der Waals surface area (Å²) in [5.41, 5.74) is 2.48. The summed E-state index contributed by atoms with van der Waals surface area (Å²) >= 11 is 0. The number of rotatable bonds is 2. The van der Waals surface area contributed by atoms with E-state index in [0.717, 1.165) is 6.42 Å². The van der Waals surface area contributed by atoms with Crippen molar-refractivity contribution < 1.29 is 5.11 Å². The Morgan fingerprint density at radius 3 is 2.87 bits per heavy atom. The van der Waals surface area contributed by atoms with Gasteiger partial charge in [0.05, 0.1) is 5.76 Å². The lowest BCUT2D eigenvalue weighted by Gasteiger charge is -1.94. The van der Waals surface area contributed by atoms with Crippen molar-refractivity contribution in [3.05, 3.63) is 47.9 Å². The first kappa shape index (κ1) is 9.84. The molecule has 2 aromatic rings. The van der Waals surface area contributed by atoms with Crippen molar-refractivity contribution in [3.8, 4) is 0 Å². The van der Waals surface area contributed by atoms with Crippen LogP contribution in [0.5, 0.6) is 0 Å². The van der Waals surface area contributed by atoms with Crippen LogP contribution in [0.1, 0.15) is 12.5 Å². The van der Waals surface area contributed by atoms with Crippen molar-refractivity contribution in [2.24, 2.45) is 7.05 Å². The maximum atomic E-state index is 9.15. The monoisotopic (exact) mass is 201 g/mol. The smallest absolute Gasteiger partial charge is 0.0855 e. The maximum Gasteiger partial charge on any atom is 0.0855 e. The van der Waals surface area contributed by atoms with Crippen LogP contribution in [0.25, 0.3) is 10.9 Å². The van der Waals surface area contributed by atoms with Crippen LogP contribution >= 0.6 is 0 Å². The molecule has 1 aromatic heterocycles. The number of hydrogen-bond donors (Lipinski definition) is 1. The molecule has 0 saturated carbocycles. The van der Waals surface area contributed by atoms with Gasteiger partial charge in [-0.25, -0.2) is 0 Å². The van der Waals surface area contributed by atoms with Gasteiger partial charge in [-0.2, -0.15) is 0 Å². The fourth-order valence-electron chi connectivity index (χ4n) is 1.85. The molecule has 0 aliphatic rings. The van der Waals surface area contributed by atoms with Gasteiger partial charge in [0.15, 0.2) is 0 Å². The molecule has 1 aromatic carbocycles. The van der Waals surface area contributed by atoms with Crippen molar-refractivity contribution >= 4 is 10.9 Å². The van der Waals surface area contributed by atoms with E-state index in [1.165, 1.54) is 16.5 Å². The molecule has 0 fully saturated rings. The van der Waals surface area contributed by atoms with Crippen LogP contribution in [0, 0.1) is 0 Å². The molecule has 0 unspecified atom stereocenters. The zero-order valence-corrected chi connectivity index (χ0v) is 9.07. The number of aliphatic hydroxyl groups is 1. The molecular formula is C13H15NO. The molecule has 0 aliphatic carbocycles. The summed E-state index contributed by atoms with van der Waals surface area (Å²) in [5.74, 6) is 0.378. The van der Waals surface area contributed by atoms with Crippen LogP contribution in [0.3, 0.4) is 0 Å². The third kappa shape index (κ3) is 1.89. The second-order valence-electron chi connectivity index (χ2n) is 3.83. The number of aliphatic hydroxyl groups excluding tert-OH is 1. The second kappa shape index (κ2) is 3.81. The number of benzene rings is 1. The van der Waals surface area contributed by atoms with E-state index in [0.29, 0.717) is 5.76 Å². The number of aromatic nitrogens is 1. The summed E-state index contributed by atoms with van der Waals surface area (Å²) in [6, 6.07) is 8.31. The first-order chi connectivity index (χ1) is 7.18. The summed E-state index contributed by atoms with van der Waals surface area (Å²) in [5, 5.41) is 10.4. The Bertz CT molecular complexity index is 504. The summed E-state index contributed by atoms with van der Waals surface area (Å²) in [7, 11) is 2.04. The van der Waals surface area contributed by atoms with Crippen molar-refractivity contribution in [1.82, 2.24) is 4.57 Å². The number of fused-ring (bicyclic) bond motifs is 1. The van der Waals surface area contributed by atoms with Crippen LogP contribution in [0.4, 0.5) is 0 Å². The van der Waals surface area contributed by atoms with Crippen molar-refractivity contribution in [3.63, 3.8) is 0 Å². The molecule has 2 nitrogen and oxygen atoms in total. The van der Waals surface area contributed by atoms with Crippen molar-refractivity contribution in [1.29, 1.82) is 0 Å². The summed E-state index contributed by atoms with van der Waals surface area (Å²) in [4.78, 5) is 0. The molecule has 0 amide bonds. The summed E-state index contributed by atoms with van der Waals surface area (Å²) in [6.07, 6.45) is 4.73. The SMILES string of the molecule is C/C(O)=C\Cc1cn(C)c2ccccc12. The van der Waals surface area contributed by atoms with E-state index in [4.69, 9.17) is 5.11 Å². The van der Waals surface area contributed by atoms with E-state index in [-0.39, 0.29) is 0 Å². The lowest BCUT2D eigenvalue weighted by Crippen LogP contribution is -1.82. The molecule has 1 N–H and O–H groups in total. The minimum absolute atomic E-state index is 0.378. The first-order valence-corrected chi connectivity index (χ1v) is 5.07. The molecule has 1 heterocycles. The second-order valence-corrected chi connectivity index (χ2v) is 3.83. The molecule has 0 aliphatic heterocycles. The van der Waals surface area contributed by atoms with Gasteiger partial charge in [-0.05, 0) is 31.1 Å². The Morgan fingerprint density at radius 2 is 2.13 bits per heavy atom. The predicted octanol–water partition coefficient (Wildman–Crippen LogP) is 3.18. The lowest BCUT2D eigenvalue weighted by molar-refractivity contribution is 0.412. The standard InChI is InChI=1S/C13H15NO/c1-10(15)7-8-11-9-14(2)13-6-4-3-5-12(11)13/h3-7,9,15H,8H2,1-2H3/b10-7+. The molecule has 0 bridgehead atoms. The van der Waals surface area contributed by atoms with E-state index in [2.05, 4.69) is 22.9 Å². The Balaban J connectivity index is 2.48. The minimum atomic E-state index is 0.378. The molecule has 2 heteroatoms. The molecular weight excluding hydrogens is 186 g/mol. The van der Waals surface area contributed by atoms with Gasteiger partial charge in [-0.15, -0.1) is 0 Å². The molecule has 0 saturated heterocycles. The molecule has 0 spiro atoms. The van der Waals surface area contributed by atoms with Gasteiger partial charge in [-0.1, -0.05) is 18.2 Å².